The Morgan fingerprint density at radius 1 is 1.22 bits per heavy atom. The molecule has 96 valence electrons. The summed E-state index contributed by atoms with van der Waals surface area (Å²) in [5.41, 5.74) is 3.52. The molecule has 0 atom stereocenters. The molecule has 1 aliphatic heterocycles. The summed E-state index contributed by atoms with van der Waals surface area (Å²) in [4.78, 5) is 4.84. The van der Waals surface area contributed by atoms with Gasteiger partial charge in [0.15, 0.2) is 0 Å². The van der Waals surface area contributed by atoms with Crippen LogP contribution in [0.5, 0.6) is 0 Å². The SMILES string of the molecule is CC(C)(C)/N=C(\C=C1\CCCN1)c1ccccc1. The Morgan fingerprint density at radius 2 is 1.94 bits per heavy atom. The number of benzene rings is 1. The van der Waals surface area contributed by atoms with Gasteiger partial charge in [0.1, 0.15) is 0 Å². The fourth-order valence-corrected chi connectivity index (χ4v) is 2.05. The van der Waals surface area contributed by atoms with Gasteiger partial charge in [-0.15, -0.1) is 0 Å². The quantitative estimate of drug-likeness (QED) is 0.788. The molecule has 0 spiro atoms. The van der Waals surface area contributed by atoms with E-state index in [1.54, 1.807) is 0 Å². The first-order valence-corrected chi connectivity index (χ1v) is 6.64. The number of rotatable bonds is 2. The van der Waals surface area contributed by atoms with Crippen molar-refractivity contribution in [3.63, 3.8) is 0 Å². The van der Waals surface area contributed by atoms with Gasteiger partial charge in [0, 0.05) is 12.2 Å². The summed E-state index contributed by atoms with van der Waals surface area (Å²) in [5.74, 6) is 0. The van der Waals surface area contributed by atoms with Crippen molar-refractivity contribution in [2.75, 3.05) is 6.54 Å². The van der Waals surface area contributed by atoms with Gasteiger partial charge in [-0.3, -0.25) is 4.99 Å². The minimum Gasteiger partial charge on any atom is -0.388 e. The third-order valence-electron chi connectivity index (χ3n) is 2.81. The van der Waals surface area contributed by atoms with Crippen LogP contribution in [0.2, 0.25) is 0 Å². The van der Waals surface area contributed by atoms with Crippen molar-refractivity contribution >= 4 is 5.71 Å². The van der Waals surface area contributed by atoms with Crippen molar-refractivity contribution in [2.45, 2.75) is 39.2 Å². The summed E-state index contributed by atoms with van der Waals surface area (Å²) < 4.78 is 0. The maximum Gasteiger partial charge on any atom is 0.0670 e. The van der Waals surface area contributed by atoms with Crippen molar-refractivity contribution in [2.24, 2.45) is 4.99 Å². The zero-order valence-electron chi connectivity index (χ0n) is 11.5. The molecule has 1 fully saturated rings. The summed E-state index contributed by atoms with van der Waals surface area (Å²) in [6.07, 6.45) is 4.56. The summed E-state index contributed by atoms with van der Waals surface area (Å²) in [6, 6.07) is 10.4. The minimum absolute atomic E-state index is 0.0547. The third-order valence-corrected chi connectivity index (χ3v) is 2.81. The molecule has 1 aromatic carbocycles. The smallest absolute Gasteiger partial charge is 0.0670 e. The molecule has 1 aliphatic rings. The number of hydrogen-bond donors (Lipinski definition) is 1. The average Bonchev–Trinajstić information content (AvgIpc) is 2.80. The van der Waals surface area contributed by atoms with Gasteiger partial charge in [0.2, 0.25) is 0 Å². The lowest BCUT2D eigenvalue weighted by Crippen LogP contribution is -2.15. The molecule has 1 aromatic rings. The Kier molecular flexibility index (Phi) is 3.85. The first kappa shape index (κ1) is 12.9. The zero-order chi connectivity index (χ0) is 13.0. The lowest BCUT2D eigenvalue weighted by Gasteiger charge is -2.15. The number of nitrogens with one attached hydrogen (secondary N) is 1. The lowest BCUT2D eigenvalue weighted by molar-refractivity contribution is 0.584. The highest BCUT2D eigenvalue weighted by Gasteiger charge is 2.12. The molecule has 0 saturated carbocycles. The molecule has 2 rings (SSSR count). The molecule has 0 radical (unpaired) electrons. The maximum atomic E-state index is 4.84. The van der Waals surface area contributed by atoms with Crippen LogP contribution in [0.4, 0.5) is 0 Å². The van der Waals surface area contributed by atoms with E-state index < -0.39 is 0 Å². The Morgan fingerprint density at radius 3 is 2.50 bits per heavy atom. The van der Waals surface area contributed by atoms with Gasteiger partial charge < -0.3 is 5.32 Å². The molecule has 0 unspecified atom stereocenters. The molecule has 1 saturated heterocycles. The summed E-state index contributed by atoms with van der Waals surface area (Å²) >= 11 is 0. The van der Waals surface area contributed by atoms with Gasteiger partial charge in [-0.2, -0.15) is 0 Å². The first-order valence-electron chi connectivity index (χ1n) is 6.64. The normalized spacial score (nSPS) is 19.1. The number of hydrogen-bond acceptors (Lipinski definition) is 2. The second kappa shape index (κ2) is 5.38. The van der Waals surface area contributed by atoms with Crippen LogP contribution in [0.15, 0.2) is 47.1 Å². The molecular weight excluding hydrogens is 220 g/mol. The molecule has 1 N–H and O–H groups in total. The Hall–Kier alpha value is -1.57. The van der Waals surface area contributed by atoms with Crippen LogP contribution in [0.1, 0.15) is 39.2 Å². The van der Waals surface area contributed by atoms with E-state index in [0.717, 1.165) is 18.7 Å². The molecular formula is C16H22N2. The van der Waals surface area contributed by atoms with Crippen molar-refractivity contribution in [1.29, 1.82) is 0 Å². The molecule has 0 amide bonds. The van der Waals surface area contributed by atoms with E-state index in [0.29, 0.717) is 0 Å². The van der Waals surface area contributed by atoms with Crippen molar-refractivity contribution < 1.29 is 0 Å². The predicted octanol–water partition coefficient (Wildman–Crippen LogP) is 3.54. The van der Waals surface area contributed by atoms with E-state index in [2.05, 4.69) is 56.4 Å². The van der Waals surface area contributed by atoms with Crippen LogP contribution in [0.25, 0.3) is 0 Å². The highest BCUT2D eigenvalue weighted by Crippen LogP contribution is 2.15. The standard InChI is InChI=1S/C16H22N2/c1-16(2,3)18-15(12-14-10-7-11-17-14)13-8-5-4-6-9-13/h4-6,8-9,12,17H,7,10-11H2,1-3H3/b14-12-,18-15+. The minimum atomic E-state index is -0.0547. The van der Waals surface area contributed by atoms with Crippen LogP contribution in [0.3, 0.4) is 0 Å². The average molecular weight is 242 g/mol. The zero-order valence-corrected chi connectivity index (χ0v) is 11.5. The summed E-state index contributed by atoms with van der Waals surface area (Å²) in [7, 11) is 0. The van der Waals surface area contributed by atoms with Gasteiger partial charge >= 0.3 is 0 Å². The van der Waals surface area contributed by atoms with Crippen molar-refractivity contribution in [3.05, 3.63) is 47.7 Å². The number of allylic oxidation sites excluding steroid dienone is 2. The number of aliphatic imine (C=N–C) groups is 1. The predicted molar refractivity (Wildman–Crippen MR) is 78.1 cm³/mol. The Labute approximate surface area is 110 Å². The second-order valence-electron chi connectivity index (χ2n) is 5.73. The van der Waals surface area contributed by atoms with Crippen LogP contribution >= 0.6 is 0 Å². The highest BCUT2D eigenvalue weighted by molar-refractivity contribution is 6.09. The monoisotopic (exact) mass is 242 g/mol. The summed E-state index contributed by atoms with van der Waals surface area (Å²) in [5, 5.41) is 3.42. The fraction of sp³-hybridized carbons (Fsp3) is 0.438. The molecule has 0 aliphatic carbocycles. The van der Waals surface area contributed by atoms with Crippen molar-refractivity contribution in [3.8, 4) is 0 Å². The van der Waals surface area contributed by atoms with E-state index in [1.807, 2.05) is 6.07 Å². The lowest BCUT2D eigenvalue weighted by atomic mass is 10.1. The van der Waals surface area contributed by atoms with Gasteiger partial charge in [-0.1, -0.05) is 30.3 Å². The van der Waals surface area contributed by atoms with Crippen LogP contribution in [-0.4, -0.2) is 17.8 Å². The van der Waals surface area contributed by atoms with E-state index in [4.69, 9.17) is 4.99 Å². The molecule has 1 heterocycles. The maximum absolute atomic E-state index is 4.84. The Bertz CT molecular complexity index is 442. The molecule has 2 nitrogen and oxygen atoms in total. The van der Waals surface area contributed by atoms with Crippen molar-refractivity contribution in [1.82, 2.24) is 5.32 Å². The van der Waals surface area contributed by atoms with E-state index >= 15 is 0 Å². The van der Waals surface area contributed by atoms with Crippen LogP contribution < -0.4 is 5.32 Å². The van der Waals surface area contributed by atoms with Crippen LogP contribution in [0, 0.1) is 0 Å². The number of nitrogens with zero attached hydrogens (tertiary/aromatic N) is 1. The van der Waals surface area contributed by atoms with Gasteiger partial charge in [-0.05, 0) is 45.3 Å². The largest absolute Gasteiger partial charge is 0.388 e. The van der Waals surface area contributed by atoms with E-state index in [9.17, 15) is 0 Å². The Balaban J connectivity index is 2.35. The van der Waals surface area contributed by atoms with E-state index in [-0.39, 0.29) is 5.54 Å². The van der Waals surface area contributed by atoms with Gasteiger partial charge in [0.25, 0.3) is 0 Å². The molecule has 0 bridgehead atoms. The van der Waals surface area contributed by atoms with Gasteiger partial charge in [0.05, 0.1) is 11.3 Å². The van der Waals surface area contributed by atoms with Crippen LogP contribution in [-0.2, 0) is 0 Å². The topological polar surface area (TPSA) is 24.4 Å². The summed E-state index contributed by atoms with van der Waals surface area (Å²) in [6.45, 7) is 7.49. The van der Waals surface area contributed by atoms with E-state index in [1.165, 1.54) is 17.7 Å². The second-order valence-corrected chi connectivity index (χ2v) is 5.73. The molecule has 18 heavy (non-hydrogen) atoms. The first-order chi connectivity index (χ1) is 8.54. The third kappa shape index (κ3) is 3.73. The highest BCUT2D eigenvalue weighted by atomic mass is 14.9. The van der Waals surface area contributed by atoms with Gasteiger partial charge in [-0.25, -0.2) is 0 Å². The molecule has 2 heteroatoms. The fourth-order valence-electron chi connectivity index (χ4n) is 2.05. The molecule has 0 aromatic heterocycles.